The number of ether oxygens (including phenoxy) is 1. The number of carbonyl (C=O) groups is 2. The average Bonchev–Trinajstić information content (AvgIpc) is 3.41. The fourth-order valence-corrected chi connectivity index (χ4v) is 3.50. The molecule has 2 heterocycles. The van der Waals surface area contributed by atoms with E-state index in [0.717, 1.165) is 11.1 Å². The van der Waals surface area contributed by atoms with Gasteiger partial charge in [0.2, 0.25) is 5.82 Å². The predicted octanol–water partition coefficient (Wildman–Crippen LogP) is 2.39. The number of hydrogen-bond donors (Lipinski definition) is 2. The maximum Gasteiger partial charge on any atom is 0.337 e. The molecule has 4 rings (SSSR count). The summed E-state index contributed by atoms with van der Waals surface area (Å²) in [6, 6.07) is 14.8. The number of methoxy groups -OCH3 is 1. The molecule has 32 heavy (non-hydrogen) atoms. The first kappa shape index (κ1) is 21.3. The van der Waals surface area contributed by atoms with E-state index in [1.54, 1.807) is 18.2 Å². The SMILES string of the molecule is COC(=O)C1=C(Nc2cccc(-c3nc(-c4ccccc4C)no3)c2)C(=O)N(CCO)C1. The third kappa shape index (κ3) is 4.10. The van der Waals surface area contributed by atoms with E-state index in [2.05, 4.69) is 15.5 Å². The van der Waals surface area contributed by atoms with Crippen molar-refractivity contribution in [2.75, 3.05) is 32.1 Å². The molecule has 0 unspecified atom stereocenters. The second kappa shape index (κ2) is 9.03. The van der Waals surface area contributed by atoms with Crippen molar-refractivity contribution in [3.8, 4) is 22.8 Å². The second-order valence-corrected chi connectivity index (χ2v) is 7.24. The molecule has 0 spiro atoms. The van der Waals surface area contributed by atoms with Crippen LogP contribution in [-0.2, 0) is 14.3 Å². The summed E-state index contributed by atoms with van der Waals surface area (Å²) in [4.78, 5) is 30.8. The van der Waals surface area contributed by atoms with Crippen LogP contribution in [0.15, 0.2) is 64.3 Å². The van der Waals surface area contributed by atoms with Crippen LogP contribution in [0, 0.1) is 6.92 Å². The number of amides is 1. The van der Waals surface area contributed by atoms with Crippen molar-refractivity contribution in [2.45, 2.75) is 6.92 Å². The molecule has 1 aliphatic rings. The third-order valence-corrected chi connectivity index (χ3v) is 5.14. The highest BCUT2D eigenvalue weighted by atomic mass is 16.5. The highest BCUT2D eigenvalue weighted by Gasteiger charge is 2.34. The van der Waals surface area contributed by atoms with E-state index in [1.165, 1.54) is 12.0 Å². The van der Waals surface area contributed by atoms with Gasteiger partial charge in [-0.15, -0.1) is 0 Å². The number of nitrogens with zero attached hydrogens (tertiary/aromatic N) is 3. The lowest BCUT2D eigenvalue weighted by Gasteiger charge is -2.15. The lowest BCUT2D eigenvalue weighted by molar-refractivity contribution is -0.136. The Bertz CT molecular complexity index is 1200. The van der Waals surface area contributed by atoms with Crippen molar-refractivity contribution in [1.82, 2.24) is 15.0 Å². The predicted molar refractivity (Wildman–Crippen MR) is 116 cm³/mol. The minimum Gasteiger partial charge on any atom is -0.466 e. The number of rotatable bonds is 7. The number of β-amino-alcohol motifs (C(OH)–C–C–N with tert-alkyl or cyclic N) is 1. The minimum atomic E-state index is -0.600. The van der Waals surface area contributed by atoms with E-state index in [0.29, 0.717) is 23.0 Å². The lowest BCUT2D eigenvalue weighted by atomic mass is 10.1. The number of aliphatic hydroxyl groups excluding tert-OH is 1. The number of anilines is 1. The Morgan fingerprint density at radius 2 is 2.06 bits per heavy atom. The molecule has 1 aliphatic heterocycles. The zero-order valence-electron chi connectivity index (χ0n) is 17.7. The third-order valence-electron chi connectivity index (χ3n) is 5.14. The molecule has 9 heteroatoms. The molecule has 9 nitrogen and oxygen atoms in total. The summed E-state index contributed by atoms with van der Waals surface area (Å²) in [5.41, 5.74) is 3.45. The van der Waals surface area contributed by atoms with Crippen LogP contribution in [0.25, 0.3) is 22.8 Å². The van der Waals surface area contributed by atoms with Crippen LogP contribution in [0.5, 0.6) is 0 Å². The highest BCUT2D eigenvalue weighted by molar-refractivity contribution is 6.08. The molecule has 2 aromatic carbocycles. The molecule has 1 amide bonds. The summed E-state index contributed by atoms with van der Waals surface area (Å²) in [5.74, 6) is -0.173. The van der Waals surface area contributed by atoms with Gasteiger partial charge in [-0.05, 0) is 30.7 Å². The standard InChI is InChI=1S/C23H22N4O5/c1-14-6-3-4-9-17(14)20-25-21(32-26-20)15-7-5-8-16(12-15)24-19-18(23(30)31-2)13-27(10-11-28)22(19)29/h3-9,12,24,28H,10-11,13H2,1-2H3. The number of carbonyl (C=O) groups excluding carboxylic acids is 2. The van der Waals surface area contributed by atoms with Gasteiger partial charge in [-0.2, -0.15) is 4.98 Å². The zero-order chi connectivity index (χ0) is 22.7. The van der Waals surface area contributed by atoms with E-state index >= 15 is 0 Å². The summed E-state index contributed by atoms with van der Waals surface area (Å²) >= 11 is 0. The number of aromatic nitrogens is 2. The monoisotopic (exact) mass is 434 g/mol. The number of nitrogens with one attached hydrogen (secondary N) is 1. The van der Waals surface area contributed by atoms with Crippen LogP contribution in [0.1, 0.15) is 5.56 Å². The molecule has 2 N–H and O–H groups in total. The van der Waals surface area contributed by atoms with E-state index in [-0.39, 0.29) is 36.9 Å². The molecule has 1 aromatic heterocycles. The number of benzene rings is 2. The minimum absolute atomic E-state index is 0.0670. The van der Waals surface area contributed by atoms with Crippen molar-refractivity contribution in [3.05, 3.63) is 65.4 Å². The van der Waals surface area contributed by atoms with Crippen molar-refractivity contribution >= 4 is 17.6 Å². The summed E-state index contributed by atoms with van der Waals surface area (Å²) in [6.45, 7) is 1.95. The van der Waals surface area contributed by atoms with Crippen LogP contribution in [0.3, 0.4) is 0 Å². The number of aliphatic hydroxyl groups is 1. The number of aryl methyl sites for hydroxylation is 1. The first-order valence-corrected chi connectivity index (χ1v) is 10.0. The molecule has 0 bridgehead atoms. The van der Waals surface area contributed by atoms with Crippen LogP contribution in [0.2, 0.25) is 0 Å². The van der Waals surface area contributed by atoms with Crippen molar-refractivity contribution in [3.63, 3.8) is 0 Å². The zero-order valence-corrected chi connectivity index (χ0v) is 17.7. The van der Waals surface area contributed by atoms with Crippen molar-refractivity contribution in [1.29, 1.82) is 0 Å². The number of esters is 1. The van der Waals surface area contributed by atoms with E-state index in [9.17, 15) is 14.7 Å². The molecule has 3 aromatic rings. The first-order chi connectivity index (χ1) is 15.5. The molecule has 0 aliphatic carbocycles. The van der Waals surface area contributed by atoms with Gasteiger partial charge >= 0.3 is 5.97 Å². The summed E-state index contributed by atoms with van der Waals surface area (Å²) in [5, 5.41) is 16.3. The van der Waals surface area contributed by atoms with Crippen LogP contribution in [-0.4, -0.2) is 58.8 Å². The molecule has 0 radical (unpaired) electrons. The van der Waals surface area contributed by atoms with Gasteiger partial charge in [0.1, 0.15) is 5.70 Å². The van der Waals surface area contributed by atoms with Crippen LogP contribution in [0.4, 0.5) is 5.69 Å². The summed E-state index contributed by atoms with van der Waals surface area (Å²) < 4.78 is 10.3. The van der Waals surface area contributed by atoms with Gasteiger partial charge in [0.05, 0.1) is 25.8 Å². The summed E-state index contributed by atoms with van der Waals surface area (Å²) in [6.07, 6.45) is 0. The molecular formula is C23H22N4O5. The average molecular weight is 434 g/mol. The van der Waals surface area contributed by atoms with Crippen LogP contribution >= 0.6 is 0 Å². The Balaban J connectivity index is 1.62. The van der Waals surface area contributed by atoms with E-state index < -0.39 is 5.97 Å². The Labute approximate surface area is 184 Å². The van der Waals surface area contributed by atoms with Gasteiger partial charge in [-0.3, -0.25) is 4.79 Å². The molecule has 0 fully saturated rings. The fourth-order valence-electron chi connectivity index (χ4n) is 3.50. The molecule has 0 saturated carbocycles. The smallest absolute Gasteiger partial charge is 0.337 e. The number of hydrogen-bond acceptors (Lipinski definition) is 8. The maximum atomic E-state index is 12.7. The topological polar surface area (TPSA) is 118 Å². The fraction of sp³-hybridized carbons (Fsp3) is 0.217. The normalized spacial score (nSPS) is 13.6. The van der Waals surface area contributed by atoms with Gasteiger partial charge in [0, 0.05) is 23.4 Å². The van der Waals surface area contributed by atoms with Gasteiger partial charge in [0.25, 0.3) is 11.8 Å². The largest absolute Gasteiger partial charge is 0.466 e. The van der Waals surface area contributed by atoms with Crippen molar-refractivity contribution < 1.29 is 24.0 Å². The highest BCUT2D eigenvalue weighted by Crippen LogP contribution is 2.28. The second-order valence-electron chi connectivity index (χ2n) is 7.24. The molecule has 164 valence electrons. The van der Waals surface area contributed by atoms with Crippen molar-refractivity contribution in [2.24, 2.45) is 0 Å². The van der Waals surface area contributed by atoms with Gasteiger partial charge in [-0.25, -0.2) is 4.79 Å². The quantitative estimate of drug-likeness (QED) is 0.544. The Morgan fingerprint density at radius 3 is 2.81 bits per heavy atom. The molecular weight excluding hydrogens is 412 g/mol. The lowest BCUT2D eigenvalue weighted by Crippen LogP contribution is -2.31. The summed E-state index contributed by atoms with van der Waals surface area (Å²) in [7, 11) is 1.26. The van der Waals surface area contributed by atoms with E-state index in [1.807, 2.05) is 37.3 Å². The Kier molecular flexibility index (Phi) is 6.00. The molecule has 0 saturated heterocycles. The van der Waals surface area contributed by atoms with Gasteiger partial charge < -0.3 is 24.6 Å². The van der Waals surface area contributed by atoms with Crippen LogP contribution < -0.4 is 5.32 Å². The van der Waals surface area contributed by atoms with E-state index in [4.69, 9.17) is 9.26 Å². The molecule has 0 atom stereocenters. The van der Waals surface area contributed by atoms with Gasteiger partial charge in [0.15, 0.2) is 0 Å². The Hall–Kier alpha value is -3.98. The van der Waals surface area contributed by atoms with Gasteiger partial charge in [-0.1, -0.05) is 35.5 Å². The maximum absolute atomic E-state index is 12.7. The first-order valence-electron chi connectivity index (χ1n) is 10.0. The Morgan fingerprint density at radius 1 is 1.25 bits per heavy atom.